The number of hydrogen-bond donors (Lipinski definition) is 0. The number of benzene rings is 1. The minimum atomic E-state index is 0.397. The van der Waals surface area contributed by atoms with Gasteiger partial charge in [0, 0.05) is 6.61 Å². The quantitative estimate of drug-likeness (QED) is 0.491. The molecule has 1 unspecified atom stereocenters. The zero-order valence-corrected chi connectivity index (χ0v) is 10.9. The topological polar surface area (TPSA) is 21.8 Å². The fourth-order valence-corrected chi connectivity index (χ4v) is 1.91. The summed E-state index contributed by atoms with van der Waals surface area (Å²) >= 11 is 0. The lowest BCUT2D eigenvalue weighted by Crippen LogP contribution is -2.02. The minimum Gasteiger partial charge on any atom is -0.379 e. The number of unbranched alkanes of at least 4 members (excludes halogenated alkanes) is 2. The molecule has 1 heterocycles. The molecule has 2 rings (SSSR count). The summed E-state index contributed by atoms with van der Waals surface area (Å²) in [7, 11) is 0. The Balaban J connectivity index is 1.49. The van der Waals surface area contributed by atoms with E-state index in [1.807, 2.05) is 6.08 Å². The number of hydrogen-bond acceptors (Lipinski definition) is 2. The van der Waals surface area contributed by atoms with Crippen LogP contribution in [0.4, 0.5) is 0 Å². The monoisotopic (exact) mass is 246 g/mol. The van der Waals surface area contributed by atoms with Crippen molar-refractivity contribution in [2.75, 3.05) is 19.8 Å². The van der Waals surface area contributed by atoms with E-state index in [9.17, 15) is 0 Å². The van der Waals surface area contributed by atoms with Crippen LogP contribution >= 0.6 is 0 Å². The zero-order chi connectivity index (χ0) is 12.6. The Hall–Kier alpha value is -1.12. The molecule has 1 aromatic carbocycles. The molecule has 1 aromatic rings. The van der Waals surface area contributed by atoms with E-state index in [1.165, 1.54) is 24.0 Å². The summed E-state index contributed by atoms with van der Waals surface area (Å²) in [4.78, 5) is 0. The highest BCUT2D eigenvalue weighted by Crippen LogP contribution is 2.11. The summed E-state index contributed by atoms with van der Waals surface area (Å²) in [6.45, 7) is 6.30. The summed E-state index contributed by atoms with van der Waals surface area (Å²) < 4.78 is 10.6. The Bertz CT molecular complexity index is 352. The lowest BCUT2D eigenvalue weighted by molar-refractivity contribution is 0.113. The van der Waals surface area contributed by atoms with Crippen LogP contribution in [0, 0.1) is 0 Å². The fourth-order valence-electron chi connectivity index (χ4n) is 1.91. The Labute approximate surface area is 110 Å². The van der Waals surface area contributed by atoms with Crippen LogP contribution in [0.3, 0.4) is 0 Å². The molecule has 2 heteroatoms. The number of rotatable bonds is 9. The predicted octanol–water partition coefficient (Wildman–Crippen LogP) is 3.46. The van der Waals surface area contributed by atoms with Gasteiger partial charge >= 0.3 is 0 Å². The molecule has 0 N–H and O–H groups in total. The van der Waals surface area contributed by atoms with Gasteiger partial charge in [-0.25, -0.2) is 0 Å². The number of epoxide rings is 1. The first-order valence-corrected chi connectivity index (χ1v) is 6.79. The normalized spacial score (nSPS) is 17.7. The van der Waals surface area contributed by atoms with Gasteiger partial charge in [0.1, 0.15) is 6.10 Å². The first-order chi connectivity index (χ1) is 8.88. The van der Waals surface area contributed by atoms with Gasteiger partial charge in [0.05, 0.1) is 13.2 Å². The first kappa shape index (κ1) is 13.3. The lowest BCUT2D eigenvalue weighted by atomic mass is 10.1. The molecule has 0 bridgehead atoms. The van der Waals surface area contributed by atoms with Crippen molar-refractivity contribution in [3.05, 3.63) is 42.0 Å². The maximum atomic E-state index is 5.50. The molecule has 0 aromatic heterocycles. The van der Waals surface area contributed by atoms with Gasteiger partial charge in [-0.3, -0.25) is 0 Å². The van der Waals surface area contributed by atoms with Crippen molar-refractivity contribution in [2.24, 2.45) is 0 Å². The van der Waals surface area contributed by atoms with Crippen molar-refractivity contribution in [1.29, 1.82) is 0 Å². The van der Waals surface area contributed by atoms with E-state index in [1.54, 1.807) is 0 Å². The second-order valence-electron chi connectivity index (χ2n) is 4.79. The maximum Gasteiger partial charge on any atom is 0.104 e. The van der Waals surface area contributed by atoms with E-state index in [0.717, 1.165) is 32.7 Å². The van der Waals surface area contributed by atoms with E-state index in [0.29, 0.717) is 6.10 Å². The van der Waals surface area contributed by atoms with Crippen LogP contribution < -0.4 is 0 Å². The van der Waals surface area contributed by atoms with Crippen LogP contribution in [0.25, 0.3) is 6.08 Å². The average molecular weight is 246 g/mol. The Morgan fingerprint density at radius 1 is 1.22 bits per heavy atom. The molecular formula is C16H22O2. The van der Waals surface area contributed by atoms with Crippen molar-refractivity contribution in [2.45, 2.75) is 31.8 Å². The van der Waals surface area contributed by atoms with E-state index in [4.69, 9.17) is 9.47 Å². The van der Waals surface area contributed by atoms with Gasteiger partial charge in [-0.05, 0) is 30.4 Å². The first-order valence-electron chi connectivity index (χ1n) is 6.79. The average Bonchev–Trinajstić information content (AvgIpc) is 3.22. The molecule has 0 saturated carbocycles. The molecule has 1 aliphatic rings. The molecule has 1 fully saturated rings. The predicted molar refractivity (Wildman–Crippen MR) is 74.6 cm³/mol. The van der Waals surface area contributed by atoms with Gasteiger partial charge < -0.3 is 9.47 Å². The highest BCUT2D eigenvalue weighted by Gasteiger charge is 2.21. The van der Waals surface area contributed by atoms with Crippen LogP contribution in [0.2, 0.25) is 0 Å². The van der Waals surface area contributed by atoms with Gasteiger partial charge in [0.2, 0.25) is 0 Å². The molecule has 18 heavy (non-hydrogen) atoms. The lowest BCUT2D eigenvalue weighted by Gasteiger charge is -2.03. The summed E-state index contributed by atoms with van der Waals surface area (Å²) in [6.07, 6.45) is 7.05. The number of ether oxygens (including phenoxy) is 2. The van der Waals surface area contributed by atoms with Gasteiger partial charge in [-0.2, -0.15) is 0 Å². The fraction of sp³-hybridized carbons (Fsp3) is 0.500. The highest BCUT2D eigenvalue weighted by atomic mass is 16.6. The van der Waals surface area contributed by atoms with E-state index in [2.05, 4.69) is 30.8 Å². The Kier molecular flexibility index (Phi) is 5.43. The van der Waals surface area contributed by atoms with Crippen LogP contribution in [0.5, 0.6) is 0 Å². The summed E-state index contributed by atoms with van der Waals surface area (Å²) in [5.74, 6) is 0. The largest absolute Gasteiger partial charge is 0.379 e. The van der Waals surface area contributed by atoms with Crippen molar-refractivity contribution in [3.63, 3.8) is 0 Å². The number of aryl methyl sites for hydroxylation is 1. The van der Waals surface area contributed by atoms with Crippen LogP contribution in [0.1, 0.15) is 30.4 Å². The molecule has 0 radical (unpaired) electrons. The summed E-state index contributed by atoms with van der Waals surface area (Å²) in [5, 5.41) is 0. The second-order valence-corrected chi connectivity index (χ2v) is 4.79. The molecule has 1 aliphatic heterocycles. The van der Waals surface area contributed by atoms with Crippen molar-refractivity contribution < 1.29 is 9.47 Å². The zero-order valence-electron chi connectivity index (χ0n) is 10.9. The smallest absolute Gasteiger partial charge is 0.104 e. The SMILES string of the molecule is C=Cc1ccc(CCCCCOCC2CO2)cc1. The summed E-state index contributed by atoms with van der Waals surface area (Å²) in [5.41, 5.74) is 2.60. The Morgan fingerprint density at radius 3 is 2.67 bits per heavy atom. The third-order valence-electron chi connectivity index (χ3n) is 3.18. The third kappa shape index (κ3) is 5.03. The molecule has 0 spiro atoms. The van der Waals surface area contributed by atoms with E-state index in [-0.39, 0.29) is 0 Å². The Morgan fingerprint density at radius 2 is 2.00 bits per heavy atom. The molecule has 1 atom stereocenters. The highest BCUT2D eigenvalue weighted by molar-refractivity contribution is 5.47. The third-order valence-corrected chi connectivity index (χ3v) is 3.18. The molecule has 0 amide bonds. The van der Waals surface area contributed by atoms with Crippen molar-refractivity contribution >= 4 is 6.08 Å². The van der Waals surface area contributed by atoms with Crippen LogP contribution in [-0.2, 0) is 15.9 Å². The standard InChI is InChI=1S/C16H22O2/c1-2-14-7-9-15(10-8-14)6-4-3-5-11-17-12-16-13-18-16/h2,7-10,16H,1,3-6,11-13H2. The molecule has 0 aliphatic carbocycles. The summed E-state index contributed by atoms with van der Waals surface area (Å²) in [6, 6.07) is 8.64. The molecule has 2 nitrogen and oxygen atoms in total. The second kappa shape index (κ2) is 7.34. The van der Waals surface area contributed by atoms with Gasteiger partial charge in [0.25, 0.3) is 0 Å². The van der Waals surface area contributed by atoms with Gasteiger partial charge in [0.15, 0.2) is 0 Å². The minimum absolute atomic E-state index is 0.397. The molecular weight excluding hydrogens is 224 g/mol. The molecule has 98 valence electrons. The van der Waals surface area contributed by atoms with Gasteiger partial charge in [-0.15, -0.1) is 0 Å². The molecule has 1 saturated heterocycles. The van der Waals surface area contributed by atoms with E-state index >= 15 is 0 Å². The maximum absolute atomic E-state index is 5.50. The van der Waals surface area contributed by atoms with E-state index < -0.39 is 0 Å². The van der Waals surface area contributed by atoms with Crippen molar-refractivity contribution in [1.82, 2.24) is 0 Å². The van der Waals surface area contributed by atoms with Crippen molar-refractivity contribution in [3.8, 4) is 0 Å². The van der Waals surface area contributed by atoms with Crippen LogP contribution in [0.15, 0.2) is 30.8 Å². The van der Waals surface area contributed by atoms with Crippen LogP contribution in [-0.4, -0.2) is 25.9 Å². The van der Waals surface area contributed by atoms with Gasteiger partial charge in [-0.1, -0.05) is 43.3 Å².